The zero-order chi connectivity index (χ0) is 73.8. The van der Waals surface area contributed by atoms with Crippen LogP contribution in [0.2, 0.25) is 0 Å². The second-order valence-corrected chi connectivity index (χ2v) is 38.8. The molecule has 3 atom stereocenters. The summed E-state index contributed by atoms with van der Waals surface area (Å²) in [5.41, 5.74) is 1.76. The summed E-state index contributed by atoms with van der Waals surface area (Å²) >= 11 is 0. The molecule has 9 nitrogen and oxygen atoms in total. The number of alkyl halides is 4. The van der Waals surface area contributed by atoms with Crippen LogP contribution in [0.1, 0.15) is 128 Å². The number of hydrogen-bond acceptors (Lipinski definition) is 9. The van der Waals surface area contributed by atoms with Crippen molar-refractivity contribution >= 4 is 63.0 Å². The summed E-state index contributed by atoms with van der Waals surface area (Å²) in [6.45, 7) is 1.12. The largest absolute Gasteiger partial charge is 0.748 e. The molecule has 0 heterocycles. The van der Waals surface area contributed by atoms with E-state index in [9.17, 15) is 56.5 Å². The lowest BCUT2D eigenvalue weighted by Crippen LogP contribution is -2.46. The Morgan fingerprint density at radius 1 is 0.365 bits per heavy atom. The monoisotopic (exact) mass is 1530 g/mol. The Labute approximate surface area is 623 Å². The first-order valence-corrected chi connectivity index (χ1v) is 44.5. The second-order valence-electron chi connectivity index (χ2n) is 28.4. The van der Waals surface area contributed by atoms with Gasteiger partial charge < -0.3 is 13.7 Å². The van der Waals surface area contributed by atoms with Crippen LogP contribution in [0.4, 0.5) is 17.6 Å². The first-order chi connectivity index (χ1) is 49.8. The third kappa shape index (κ3) is 24.2. The van der Waals surface area contributed by atoms with Crippen LogP contribution >= 0.6 is 0 Å². The molecule has 0 aromatic heterocycles. The Kier molecular flexibility index (Phi) is 28.7. The van der Waals surface area contributed by atoms with Crippen molar-refractivity contribution in [3.05, 3.63) is 272 Å². The van der Waals surface area contributed by atoms with Gasteiger partial charge in [-0.2, -0.15) is 0 Å². The lowest BCUT2D eigenvalue weighted by Gasteiger charge is -2.57. The van der Waals surface area contributed by atoms with Crippen molar-refractivity contribution < 1.29 is 56.5 Å². The Morgan fingerprint density at radius 2 is 0.673 bits per heavy atom. The van der Waals surface area contributed by atoms with E-state index in [1.807, 2.05) is 0 Å². The molecule has 16 rings (SSSR count). The SMILES string of the molecule is CCC(F)(F)CS(=O)(=O)[O-].O=S(=O)([O-])CC(F)(F)C1CC2CCC1C2.O=S(=O)([O-])CCC12CC3CC(CC(C3)C1)C2.c1ccc([S+](c2ccccc2)c2ccc(C3CCCCC3)cc2)cc1.c1ccc([S+](c2ccccc2)c2ccccc2)cc1.c1ccc([S+](c2ccccc2)c2ccccc2)cc1. The van der Waals surface area contributed by atoms with Crippen molar-refractivity contribution in [2.24, 2.45) is 40.9 Å². The molecule has 0 spiro atoms. The predicted octanol–water partition coefficient (Wildman–Crippen LogP) is 20.7. The highest BCUT2D eigenvalue weighted by Crippen LogP contribution is 2.61. The van der Waals surface area contributed by atoms with Crippen molar-refractivity contribution in [1.82, 2.24) is 0 Å². The topological polar surface area (TPSA) is 172 Å². The van der Waals surface area contributed by atoms with Gasteiger partial charge in [0, 0.05) is 18.1 Å². The lowest BCUT2D eigenvalue weighted by atomic mass is 9.49. The minimum absolute atomic E-state index is 0.0146. The lowest BCUT2D eigenvalue weighted by molar-refractivity contribution is -0.0581. The van der Waals surface area contributed by atoms with Crippen LogP contribution in [-0.2, 0) is 63.0 Å². The first-order valence-electron chi connectivity index (χ1n) is 36.1. The molecule has 0 radical (unpaired) electrons. The average molecular weight is 1530 g/mol. The summed E-state index contributed by atoms with van der Waals surface area (Å²) in [4.78, 5) is 12.4. The van der Waals surface area contributed by atoms with Crippen LogP contribution in [0, 0.1) is 40.9 Å². The first kappa shape index (κ1) is 80.0. The molecular weight excluding hydrogens is 1430 g/mol. The molecule has 7 aliphatic carbocycles. The number of halogens is 4. The van der Waals surface area contributed by atoms with Gasteiger partial charge in [0.25, 0.3) is 11.8 Å². The summed E-state index contributed by atoms with van der Waals surface area (Å²) in [7, 11) is -13.7. The van der Waals surface area contributed by atoms with Crippen LogP contribution in [-0.4, -0.2) is 68.0 Å². The smallest absolute Gasteiger partial charge is 0.263 e. The molecule has 6 bridgehead atoms. The van der Waals surface area contributed by atoms with Crippen LogP contribution < -0.4 is 0 Å². The maximum atomic E-state index is 13.5. The van der Waals surface area contributed by atoms with Gasteiger partial charge in [0.1, 0.15) is 31.7 Å². The minimum Gasteiger partial charge on any atom is -0.748 e. The summed E-state index contributed by atoms with van der Waals surface area (Å²) < 4.78 is 144. The van der Waals surface area contributed by atoms with Crippen LogP contribution in [0.3, 0.4) is 0 Å². The fourth-order valence-corrected chi connectivity index (χ4v) is 24.8. The fraction of sp³-hybridized carbons (Fsp3) is 0.365. The third-order valence-corrected chi connectivity index (χ3v) is 29.5. The van der Waals surface area contributed by atoms with E-state index in [0.717, 1.165) is 49.9 Å². The number of benzene rings is 9. The van der Waals surface area contributed by atoms with Crippen molar-refractivity contribution in [2.75, 3.05) is 17.3 Å². The van der Waals surface area contributed by atoms with Gasteiger partial charge in [-0.25, -0.2) is 42.8 Å². The maximum Gasteiger partial charge on any atom is 0.263 e. The number of rotatable bonds is 19. The summed E-state index contributed by atoms with van der Waals surface area (Å²) in [5, 5.41) is 0. The van der Waals surface area contributed by atoms with E-state index in [4.69, 9.17) is 0 Å². The molecule has 7 aliphatic rings. The van der Waals surface area contributed by atoms with Crippen molar-refractivity contribution in [1.29, 1.82) is 0 Å². The molecule has 0 N–H and O–H groups in total. The summed E-state index contributed by atoms with van der Waals surface area (Å²) in [6, 6.07) is 95.6. The van der Waals surface area contributed by atoms with Crippen molar-refractivity contribution in [3.8, 4) is 0 Å². The van der Waals surface area contributed by atoms with E-state index in [1.165, 1.54) is 120 Å². The maximum absolute atomic E-state index is 13.5. The molecule has 552 valence electrons. The average Bonchev–Trinajstić information content (AvgIpc) is 1.57. The highest BCUT2D eigenvalue weighted by Gasteiger charge is 2.53. The van der Waals surface area contributed by atoms with Gasteiger partial charge in [0.05, 0.1) is 42.8 Å². The molecule has 9 aromatic rings. The fourth-order valence-electron chi connectivity index (χ4n) is 16.4. The standard InChI is InChI=1S/C24H25S.2C18H15S.C12H20O3S.C9H14F2O3S.C4H8F2O3S/c1-4-10-20(11-5-1)21-16-18-24(19-17-21)25(22-12-6-2-7-13-22)23-14-8-3-9-15-23;2*1-4-10-16(11-5-1)19(17-12-6-2-7-13-17)18-14-8-3-9-15-18;13-16(14,15)2-1-12-6-9-3-10(7-12)5-11(4-9)8-12;10-9(11,5-15(12,13)14)8-4-6-1-2-7(8)3-6;1-2-4(5,6)3-10(7,8)9/h2-3,6-9,12-20H,1,4-5,10-11H2;2*1-15H;9-11H,1-8H2,(H,13,14,15);6-8H,1-5H2,(H,12,13,14);2-3H2,1H3,(H,7,8,9)/q3*+1;;;/p-3. The van der Waals surface area contributed by atoms with E-state index < -0.39 is 66.0 Å². The van der Waals surface area contributed by atoms with Crippen LogP contribution in [0.5, 0.6) is 0 Å². The Morgan fingerprint density at radius 3 is 0.923 bits per heavy atom. The molecule has 7 saturated carbocycles. The van der Waals surface area contributed by atoms with Gasteiger partial charge in [-0.05, 0) is 233 Å². The Bertz CT molecular complexity index is 4000. The zero-order valence-electron chi connectivity index (χ0n) is 58.7. The molecule has 3 unspecified atom stereocenters. The van der Waals surface area contributed by atoms with E-state index in [0.29, 0.717) is 18.8 Å². The molecule has 0 aliphatic heterocycles. The Hall–Kier alpha value is -6.52. The highest BCUT2D eigenvalue weighted by atomic mass is 32.2. The third-order valence-electron chi connectivity index (χ3n) is 20.6. The molecule has 19 heteroatoms. The van der Waals surface area contributed by atoms with Gasteiger partial charge in [-0.15, -0.1) is 0 Å². The van der Waals surface area contributed by atoms with Crippen molar-refractivity contribution in [2.45, 2.75) is 178 Å². The van der Waals surface area contributed by atoms with E-state index in [2.05, 4.69) is 267 Å². The van der Waals surface area contributed by atoms with Crippen LogP contribution in [0.15, 0.2) is 311 Å². The molecule has 0 amide bonds. The van der Waals surface area contributed by atoms with Gasteiger partial charge in [0.2, 0.25) is 0 Å². The summed E-state index contributed by atoms with van der Waals surface area (Å²) in [6.07, 6.45) is 17.5. The molecule has 0 saturated heterocycles. The number of fused-ring (bicyclic) bond motifs is 2. The molecule has 9 aromatic carbocycles. The predicted molar refractivity (Wildman–Crippen MR) is 408 cm³/mol. The Balaban J connectivity index is 0.000000136. The quantitative estimate of drug-likeness (QED) is 0.0434. The highest BCUT2D eigenvalue weighted by molar-refractivity contribution is 7.97. The van der Waals surface area contributed by atoms with Gasteiger partial charge in [-0.3, -0.25) is 0 Å². The molecule has 104 heavy (non-hydrogen) atoms. The normalized spacial score (nSPS) is 21.2. The minimum atomic E-state index is -4.84. The van der Waals surface area contributed by atoms with Crippen molar-refractivity contribution in [3.63, 3.8) is 0 Å². The molecular formula is C85H94F4O9S6. The van der Waals surface area contributed by atoms with E-state index >= 15 is 0 Å². The zero-order valence-corrected chi connectivity index (χ0v) is 63.6. The van der Waals surface area contributed by atoms with Gasteiger partial charge >= 0.3 is 0 Å². The number of hydrogen-bond donors (Lipinski definition) is 0. The van der Waals surface area contributed by atoms with E-state index in [-0.39, 0.29) is 49.8 Å². The second kappa shape index (κ2) is 37.3. The summed E-state index contributed by atoms with van der Waals surface area (Å²) in [5.74, 6) is -7.35. The van der Waals surface area contributed by atoms with E-state index in [1.54, 1.807) is 0 Å². The molecule has 7 fully saturated rings. The van der Waals surface area contributed by atoms with Gasteiger partial charge in [-0.1, -0.05) is 190 Å². The van der Waals surface area contributed by atoms with Gasteiger partial charge in [0.15, 0.2) is 44.1 Å². The van der Waals surface area contributed by atoms with Crippen LogP contribution in [0.25, 0.3) is 0 Å².